The second kappa shape index (κ2) is 4.32. The van der Waals surface area contributed by atoms with Crippen molar-refractivity contribution in [1.82, 2.24) is 4.98 Å². The minimum atomic E-state index is 1.25. The zero-order valence-electron chi connectivity index (χ0n) is 9.73. The Morgan fingerprint density at radius 1 is 0.857 bits per heavy atom. The van der Waals surface area contributed by atoms with Crippen LogP contribution in [0.2, 0.25) is 0 Å². The van der Waals surface area contributed by atoms with E-state index in [4.69, 9.17) is 0 Å². The van der Waals surface area contributed by atoms with Crippen LogP contribution >= 0.6 is 0 Å². The number of rotatable bonds is 0. The Kier molecular flexibility index (Phi) is 3.34. The zero-order valence-corrected chi connectivity index (χ0v) is 9.73. The zero-order chi connectivity index (χ0) is 10.7. The average Bonchev–Trinajstić information content (AvgIpc) is 2.53. The second-order valence-electron chi connectivity index (χ2n) is 3.45. The lowest BCUT2D eigenvalue weighted by atomic mass is 10.1. The number of aromatic amines is 1. The van der Waals surface area contributed by atoms with E-state index in [1.807, 2.05) is 13.8 Å². The van der Waals surface area contributed by atoms with Gasteiger partial charge in [0.1, 0.15) is 0 Å². The van der Waals surface area contributed by atoms with Crippen molar-refractivity contribution >= 4 is 10.9 Å². The molecule has 0 saturated heterocycles. The van der Waals surface area contributed by atoms with Crippen LogP contribution in [0.3, 0.4) is 0 Å². The Morgan fingerprint density at radius 3 is 2.07 bits per heavy atom. The first-order chi connectivity index (χ1) is 6.68. The van der Waals surface area contributed by atoms with Gasteiger partial charge in [0, 0.05) is 17.1 Å². The molecule has 1 nitrogen and oxygen atoms in total. The van der Waals surface area contributed by atoms with Gasteiger partial charge < -0.3 is 4.98 Å². The maximum Gasteiger partial charge on any atom is 0.0459 e. The first-order valence-corrected chi connectivity index (χ1v) is 5.23. The van der Waals surface area contributed by atoms with E-state index in [2.05, 4.69) is 44.1 Å². The quantitative estimate of drug-likeness (QED) is 0.641. The molecule has 0 saturated carbocycles. The molecule has 14 heavy (non-hydrogen) atoms. The Labute approximate surface area is 86.2 Å². The summed E-state index contributed by atoms with van der Waals surface area (Å²) in [7, 11) is 0. The molecule has 2 rings (SSSR count). The summed E-state index contributed by atoms with van der Waals surface area (Å²) in [6, 6.07) is 4.45. The van der Waals surface area contributed by atoms with Gasteiger partial charge in [-0.15, -0.1) is 0 Å². The van der Waals surface area contributed by atoms with Crippen molar-refractivity contribution < 1.29 is 0 Å². The fourth-order valence-electron chi connectivity index (χ4n) is 1.53. The molecule has 0 atom stereocenters. The molecular weight excluding hydrogens is 170 g/mol. The molecule has 76 valence electrons. The van der Waals surface area contributed by atoms with Crippen molar-refractivity contribution in [3.05, 3.63) is 35.0 Å². The molecule has 0 aliphatic heterocycles. The second-order valence-corrected chi connectivity index (χ2v) is 3.45. The number of H-pyrrole nitrogens is 1. The molecule has 0 radical (unpaired) electrons. The summed E-state index contributed by atoms with van der Waals surface area (Å²) in [4.78, 5) is 3.26. The molecule has 0 bridgehead atoms. The Hall–Kier alpha value is -1.24. The van der Waals surface area contributed by atoms with Crippen LogP contribution in [0.25, 0.3) is 10.9 Å². The molecule has 0 aliphatic carbocycles. The topological polar surface area (TPSA) is 15.8 Å². The van der Waals surface area contributed by atoms with E-state index in [0.29, 0.717) is 0 Å². The lowest BCUT2D eigenvalue weighted by molar-refractivity contribution is 1.35. The smallest absolute Gasteiger partial charge is 0.0459 e. The minimum Gasteiger partial charge on any atom is -0.361 e. The predicted octanol–water partition coefficient (Wildman–Crippen LogP) is 4.12. The van der Waals surface area contributed by atoms with Crippen LogP contribution in [-0.4, -0.2) is 4.98 Å². The number of benzene rings is 1. The number of hydrogen-bond donors (Lipinski definition) is 1. The lowest BCUT2D eigenvalue weighted by Crippen LogP contribution is -1.80. The molecule has 1 heteroatoms. The molecule has 0 spiro atoms. The van der Waals surface area contributed by atoms with E-state index in [0.717, 1.165) is 0 Å². The highest BCUT2D eigenvalue weighted by atomic mass is 14.7. The Bertz CT molecular complexity index is 424. The summed E-state index contributed by atoms with van der Waals surface area (Å²) >= 11 is 0. The van der Waals surface area contributed by atoms with Gasteiger partial charge in [0.15, 0.2) is 0 Å². The van der Waals surface area contributed by atoms with E-state index in [9.17, 15) is 0 Å². The van der Waals surface area contributed by atoms with Gasteiger partial charge in [-0.2, -0.15) is 0 Å². The highest BCUT2D eigenvalue weighted by molar-refractivity contribution is 5.84. The summed E-state index contributed by atoms with van der Waals surface area (Å²) in [5.41, 5.74) is 5.29. The van der Waals surface area contributed by atoms with Gasteiger partial charge in [-0.1, -0.05) is 13.8 Å². The van der Waals surface area contributed by atoms with Crippen LogP contribution in [0, 0.1) is 20.8 Å². The molecule has 0 fully saturated rings. The van der Waals surface area contributed by atoms with Crippen LogP contribution in [0.5, 0.6) is 0 Å². The highest BCUT2D eigenvalue weighted by Gasteiger charge is 2.00. The Morgan fingerprint density at radius 2 is 1.43 bits per heavy atom. The maximum absolute atomic E-state index is 3.26. The molecule has 1 N–H and O–H groups in total. The van der Waals surface area contributed by atoms with Gasteiger partial charge >= 0.3 is 0 Å². The van der Waals surface area contributed by atoms with Crippen molar-refractivity contribution in [3.8, 4) is 0 Å². The summed E-state index contributed by atoms with van der Waals surface area (Å²) in [6.45, 7) is 10.4. The number of hydrogen-bond acceptors (Lipinski definition) is 0. The van der Waals surface area contributed by atoms with E-state index >= 15 is 0 Å². The third kappa shape index (κ3) is 1.82. The van der Waals surface area contributed by atoms with E-state index in [1.165, 1.54) is 27.6 Å². The van der Waals surface area contributed by atoms with Crippen molar-refractivity contribution in [2.45, 2.75) is 34.6 Å². The monoisotopic (exact) mass is 189 g/mol. The third-order valence-corrected chi connectivity index (χ3v) is 2.50. The fraction of sp³-hybridized carbons (Fsp3) is 0.385. The van der Waals surface area contributed by atoms with Crippen LogP contribution in [0.1, 0.15) is 30.5 Å². The molecule has 1 heterocycles. The van der Waals surface area contributed by atoms with Crippen LogP contribution in [-0.2, 0) is 0 Å². The fourth-order valence-corrected chi connectivity index (χ4v) is 1.53. The van der Waals surface area contributed by atoms with E-state index in [-0.39, 0.29) is 0 Å². The highest BCUT2D eigenvalue weighted by Crippen LogP contribution is 2.21. The van der Waals surface area contributed by atoms with E-state index in [1.54, 1.807) is 0 Å². The largest absolute Gasteiger partial charge is 0.361 e. The van der Waals surface area contributed by atoms with Gasteiger partial charge in [-0.3, -0.25) is 0 Å². The van der Waals surface area contributed by atoms with Gasteiger partial charge in [-0.25, -0.2) is 0 Å². The first-order valence-electron chi connectivity index (χ1n) is 5.23. The summed E-state index contributed by atoms with van der Waals surface area (Å²) in [5, 5.41) is 1.35. The number of aryl methyl sites for hydroxylation is 3. The van der Waals surface area contributed by atoms with Crippen molar-refractivity contribution in [1.29, 1.82) is 0 Å². The SMILES string of the molecule is CC.Cc1cc2[nH]cc(C)c2cc1C. The number of nitrogens with one attached hydrogen (secondary N) is 1. The Balaban J connectivity index is 0.000000461. The summed E-state index contributed by atoms with van der Waals surface area (Å²) in [5.74, 6) is 0. The van der Waals surface area contributed by atoms with Crippen LogP contribution in [0.15, 0.2) is 18.3 Å². The number of aromatic nitrogens is 1. The molecule has 1 aromatic heterocycles. The number of fused-ring (bicyclic) bond motifs is 1. The van der Waals surface area contributed by atoms with Gasteiger partial charge in [-0.05, 0) is 49.6 Å². The molecule has 2 aromatic rings. The molecule has 0 aliphatic rings. The summed E-state index contributed by atoms with van der Waals surface area (Å²) in [6.07, 6.45) is 2.06. The predicted molar refractivity (Wildman–Crippen MR) is 63.9 cm³/mol. The molecule has 0 amide bonds. The standard InChI is InChI=1S/C11H13N.C2H6/c1-7-4-10-9(3)6-12-11(10)5-8(7)2;1-2/h4-6,12H,1-3H3;1-2H3. The van der Waals surface area contributed by atoms with Crippen molar-refractivity contribution in [2.75, 3.05) is 0 Å². The van der Waals surface area contributed by atoms with E-state index < -0.39 is 0 Å². The maximum atomic E-state index is 3.26. The normalized spacial score (nSPS) is 9.79. The molecule has 0 unspecified atom stereocenters. The van der Waals surface area contributed by atoms with Crippen molar-refractivity contribution in [2.24, 2.45) is 0 Å². The van der Waals surface area contributed by atoms with Gasteiger partial charge in [0.05, 0.1) is 0 Å². The lowest BCUT2D eigenvalue weighted by Gasteiger charge is -1.99. The van der Waals surface area contributed by atoms with Gasteiger partial charge in [0.25, 0.3) is 0 Å². The van der Waals surface area contributed by atoms with Gasteiger partial charge in [0.2, 0.25) is 0 Å². The minimum absolute atomic E-state index is 1.25. The first kappa shape index (κ1) is 10.8. The van der Waals surface area contributed by atoms with Crippen LogP contribution in [0.4, 0.5) is 0 Å². The third-order valence-electron chi connectivity index (χ3n) is 2.50. The van der Waals surface area contributed by atoms with Crippen molar-refractivity contribution in [3.63, 3.8) is 0 Å². The average molecular weight is 189 g/mol. The molecule has 1 aromatic carbocycles. The molecular formula is C13H19N. The summed E-state index contributed by atoms with van der Waals surface area (Å²) < 4.78 is 0. The van der Waals surface area contributed by atoms with Crippen LogP contribution < -0.4 is 0 Å².